The third kappa shape index (κ3) is 4.35. The van der Waals surface area contributed by atoms with Crippen molar-refractivity contribution in [2.75, 3.05) is 13.1 Å². The lowest BCUT2D eigenvalue weighted by atomic mass is 10.1. The first-order chi connectivity index (χ1) is 10.2. The second-order valence-corrected chi connectivity index (χ2v) is 5.52. The minimum atomic E-state index is -0.427. The lowest BCUT2D eigenvalue weighted by Gasteiger charge is -2.22. The molecular weight excluding hydrogens is 262 g/mol. The van der Waals surface area contributed by atoms with Crippen molar-refractivity contribution in [3.63, 3.8) is 0 Å². The molecule has 0 saturated carbocycles. The molecule has 114 valence electrons. The molecule has 0 N–H and O–H groups in total. The van der Waals surface area contributed by atoms with Crippen molar-refractivity contribution in [2.24, 2.45) is 0 Å². The third-order valence-corrected chi connectivity index (χ3v) is 3.74. The highest BCUT2D eigenvalue weighted by Gasteiger charge is 2.24. The van der Waals surface area contributed by atoms with Crippen molar-refractivity contribution in [3.05, 3.63) is 35.9 Å². The van der Waals surface area contributed by atoms with E-state index in [0.717, 1.165) is 50.1 Å². The zero-order valence-electron chi connectivity index (χ0n) is 13.0. The molecule has 0 aromatic heterocycles. The van der Waals surface area contributed by atoms with Crippen LogP contribution in [0.4, 0.5) is 0 Å². The molecule has 0 bridgehead atoms. The molecule has 3 nitrogen and oxygen atoms in total. The Labute approximate surface area is 127 Å². The van der Waals surface area contributed by atoms with Crippen LogP contribution in [0, 0.1) is 0 Å². The number of hydrogen-bond donors (Lipinski definition) is 0. The second kappa shape index (κ2) is 7.87. The molecule has 1 saturated heterocycles. The number of carbonyl (C=O) groups excluding carboxylic acids is 1. The fourth-order valence-corrected chi connectivity index (χ4v) is 2.54. The molecule has 1 aliphatic rings. The van der Waals surface area contributed by atoms with Gasteiger partial charge in [0.25, 0.3) is 5.91 Å². The number of amides is 1. The van der Waals surface area contributed by atoms with Crippen LogP contribution in [0.3, 0.4) is 0 Å². The Balaban J connectivity index is 2.02. The normalized spacial score (nSPS) is 16.4. The van der Waals surface area contributed by atoms with Crippen molar-refractivity contribution < 1.29 is 9.53 Å². The summed E-state index contributed by atoms with van der Waals surface area (Å²) in [7, 11) is 0. The molecule has 1 heterocycles. The highest BCUT2D eigenvalue weighted by molar-refractivity contribution is 5.81. The summed E-state index contributed by atoms with van der Waals surface area (Å²) in [5, 5.41) is 0. The summed E-state index contributed by atoms with van der Waals surface area (Å²) in [5.74, 6) is 0.879. The number of rotatable bonds is 6. The van der Waals surface area contributed by atoms with E-state index in [-0.39, 0.29) is 5.91 Å². The molecule has 3 heteroatoms. The van der Waals surface area contributed by atoms with E-state index in [9.17, 15) is 4.79 Å². The van der Waals surface area contributed by atoms with E-state index in [1.165, 1.54) is 0 Å². The predicted octanol–water partition coefficient (Wildman–Crippen LogP) is 3.89. The molecule has 0 radical (unpaired) electrons. The topological polar surface area (TPSA) is 29.5 Å². The fraction of sp³-hybridized carbons (Fsp3) is 0.500. The summed E-state index contributed by atoms with van der Waals surface area (Å²) >= 11 is 0. The van der Waals surface area contributed by atoms with Crippen LogP contribution < -0.4 is 4.74 Å². The van der Waals surface area contributed by atoms with E-state index in [1.54, 1.807) is 0 Å². The number of likely N-dealkylation sites (tertiary alicyclic amines) is 1. The van der Waals surface area contributed by atoms with E-state index in [0.29, 0.717) is 0 Å². The zero-order valence-corrected chi connectivity index (χ0v) is 13.0. The van der Waals surface area contributed by atoms with Crippen LogP contribution in [0.5, 0.6) is 5.75 Å². The summed E-state index contributed by atoms with van der Waals surface area (Å²) in [6.45, 7) is 5.73. The molecule has 21 heavy (non-hydrogen) atoms. The average molecular weight is 287 g/mol. The first-order valence-corrected chi connectivity index (χ1v) is 7.93. The second-order valence-electron chi connectivity index (χ2n) is 5.52. The number of benzene rings is 1. The van der Waals surface area contributed by atoms with E-state index in [1.807, 2.05) is 36.1 Å². The summed E-state index contributed by atoms with van der Waals surface area (Å²) in [6.07, 6.45) is 8.19. The van der Waals surface area contributed by atoms with Crippen molar-refractivity contribution in [2.45, 2.75) is 45.6 Å². The number of para-hydroxylation sites is 1. The van der Waals surface area contributed by atoms with Gasteiger partial charge in [-0.25, -0.2) is 0 Å². The van der Waals surface area contributed by atoms with Gasteiger partial charge in [0.15, 0.2) is 6.10 Å². The van der Waals surface area contributed by atoms with Crippen molar-refractivity contribution in [3.8, 4) is 5.75 Å². The number of carbonyl (C=O) groups is 1. The Hall–Kier alpha value is -1.77. The smallest absolute Gasteiger partial charge is 0.263 e. The number of ether oxygens (including phenoxy) is 1. The third-order valence-electron chi connectivity index (χ3n) is 3.74. The lowest BCUT2D eigenvalue weighted by molar-refractivity contribution is -0.136. The lowest BCUT2D eigenvalue weighted by Crippen LogP contribution is -2.38. The van der Waals surface area contributed by atoms with Crippen molar-refractivity contribution in [1.29, 1.82) is 0 Å². The van der Waals surface area contributed by atoms with E-state index < -0.39 is 6.10 Å². The van der Waals surface area contributed by atoms with E-state index in [2.05, 4.69) is 19.1 Å². The number of allylic oxidation sites excluding steroid dienone is 1. The number of hydrogen-bond acceptors (Lipinski definition) is 2. The quantitative estimate of drug-likeness (QED) is 0.794. The van der Waals surface area contributed by atoms with Crippen LogP contribution in [-0.2, 0) is 4.79 Å². The van der Waals surface area contributed by atoms with Crippen LogP contribution >= 0.6 is 0 Å². The molecule has 1 fully saturated rings. The maximum atomic E-state index is 12.3. The molecule has 1 aromatic rings. The maximum absolute atomic E-state index is 12.3. The molecule has 1 aliphatic heterocycles. The van der Waals surface area contributed by atoms with Gasteiger partial charge in [-0.15, -0.1) is 0 Å². The van der Waals surface area contributed by atoms with Gasteiger partial charge in [0.2, 0.25) is 0 Å². The maximum Gasteiger partial charge on any atom is 0.263 e. The molecule has 0 spiro atoms. The Kier molecular flexibility index (Phi) is 5.85. The monoisotopic (exact) mass is 287 g/mol. The summed E-state index contributed by atoms with van der Waals surface area (Å²) < 4.78 is 5.91. The van der Waals surface area contributed by atoms with Gasteiger partial charge in [0.05, 0.1) is 0 Å². The highest BCUT2D eigenvalue weighted by atomic mass is 16.5. The van der Waals surface area contributed by atoms with Crippen molar-refractivity contribution >= 4 is 12.0 Å². The summed E-state index contributed by atoms with van der Waals surface area (Å²) in [6, 6.07) is 7.89. The van der Waals surface area contributed by atoms with Gasteiger partial charge in [-0.2, -0.15) is 0 Å². The van der Waals surface area contributed by atoms with Crippen LogP contribution in [-0.4, -0.2) is 30.0 Å². The molecule has 1 atom stereocenters. The van der Waals surface area contributed by atoms with Crippen LogP contribution in [0.25, 0.3) is 6.08 Å². The predicted molar refractivity (Wildman–Crippen MR) is 86.3 cm³/mol. The molecule has 1 unspecified atom stereocenters. The first-order valence-electron chi connectivity index (χ1n) is 7.93. The Morgan fingerprint density at radius 1 is 1.33 bits per heavy atom. The standard InChI is InChI=1S/C18H25NO2/c1-3-4-5-10-16-11-6-7-12-17(16)21-15(2)18(20)19-13-8-9-14-19/h5-7,10-12,15H,3-4,8-9,13-14H2,1-2H3/b10-5+. The number of nitrogens with zero attached hydrogens (tertiary/aromatic N) is 1. The van der Waals surface area contributed by atoms with E-state index >= 15 is 0 Å². The minimum absolute atomic E-state index is 0.0971. The van der Waals surface area contributed by atoms with Gasteiger partial charge < -0.3 is 9.64 Å². The molecular formula is C18H25NO2. The summed E-state index contributed by atoms with van der Waals surface area (Å²) in [4.78, 5) is 14.2. The fourth-order valence-electron chi connectivity index (χ4n) is 2.54. The van der Waals surface area contributed by atoms with Crippen molar-refractivity contribution in [1.82, 2.24) is 4.90 Å². The summed E-state index contributed by atoms with van der Waals surface area (Å²) in [5.41, 5.74) is 1.03. The molecule has 2 rings (SSSR count). The minimum Gasteiger partial charge on any atom is -0.480 e. The molecule has 1 aromatic carbocycles. The SMILES string of the molecule is CCC/C=C/c1ccccc1OC(C)C(=O)N1CCCC1. The molecule has 0 aliphatic carbocycles. The average Bonchev–Trinajstić information content (AvgIpc) is 3.02. The largest absolute Gasteiger partial charge is 0.480 e. The van der Waals surface area contributed by atoms with Crippen LogP contribution in [0.1, 0.15) is 45.1 Å². The molecule has 1 amide bonds. The van der Waals surface area contributed by atoms with Gasteiger partial charge in [0.1, 0.15) is 5.75 Å². The highest BCUT2D eigenvalue weighted by Crippen LogP contribution is 2.22. The zero-order chi connectivity index (χ0) is 15.1. The Morgan fingerprint density at radius 2 is 2.05 bits per heavy atom. The Bertz CT molecular complexity index is 490. The Morgan fingerprint density at radius 3 is 2.76 bits per heavy atom. The van der Waals surface area contributed by atoms with Gasteiger partial charge >= 0.3 is 0 Å². The van der Waals surface area contributed by atoms with Gasteiger partial charge in [-0.1, -0.05) is 43.7 Å². The van der Waals surface area contributed by atoms with Gasteiger partial charge in [-0.05, 0) is 32.3 Å². The number of unbranched alkanes of at least 4 members (excludes halogenated alkanes) is 1. The van der Waals surface area contributed by atoms with Gasteiger partial charge in [-0.3, -0.25) is 4.79 Å². The van der Waals surface area contributed by atoms with Gasteiger partial charge in [0, 0.05) is 18.7 Å². The first kappa shape index (κ1) is 15.6. The van der Waals surface area contributed by atoms with Crippen LogP contribution in [0.2, 0.25) is 0 Å². The van der Waals surface area contributed by atoms with Crippen LogP contribution in [0.15, 0.2) is 30.3 Å². The van der Waals surface area contributed by atoms with E-state index in [4.69, 9.17) is 4.74 Å².